The van der Waals surface area contributed by atoms with Gasteiger partial charge in [-0.2, -0.15) is 0 Å². The smallest absolute Gasteiger partial charge is 0.186 e. The molecule has 2 fully saturated rings. The lowest BCUT2D eigenvalue weighted by Gasteiger charge is -2.60. The standard InChI is InChI=1S/C26H40O9/c1-5-24(2)7-6-14-13(9-24)15(28)8-18-25(14,3)10-16(29)22(33)26(18,4)12-34-23-21(32)20(31)19(30)17(11-27)35-23/h5,16-23,27,29-33H,1,6-12H2,2-4H3. The molecule has 3 aliphatic carbocycles. The molecule has 1 heterocycles. The van der Waals surface area contributed by atoms with Crippen LogP contribution in [0, 0.1) is 22.2 Å². The monoisotopic (exact) mass is 496 g/mol. The molecule has 4 aliphatic rings. The van der Waals surface area contributed by atoms with E-state index in [-0.39, 0.29) is 30.1 Å². The van der Waals surface area contributed by atoms with Crippen molar-refractivity contribution < 1.29 is 44.9 Å². The molecule has 0 amide bonds. The molecule has 1 aliphatic heterocycles. The number of ether oxygens (including phenoxy) is 2. The second-order valence-corrected chi connectivity index (χ2v) is 11.8. The number of aliphatic hydroxyl groups excluding tert-OH is 6. The highest BCUT2D eigenvalue weighted by molar-refractivity contribution is 5.98. The van der Waals surface area contributed by atoms with Crippen molar-refractivity contribution in [3.63, 3.8) is 0 Å². The summed E-state index contributed by atoms with van der Waals surface area (Å²) in [7, 11) is 0. The fourth-order valence-corrected chi connectivity index (χ4v) is 7.05. The molecule has 1 saturated carbocycles. The van der Waals surface area contributed by atoms with Crippen LogP contribution in [0.5, 0.6) is 0 Å². The Kier molecular flexibility index (Phi) is 7.14. The average Bonchev–Trinajstić information content (AvgIpc) is 2.83. The zero-order valence-corrected chi connectivity index (χ0v) is 20.8. The Balaban J connectivity index is 1.63. The Morgan fingerprint density at radius 1 is 1.11 bits per heavy atom. The van der Waals surface area contributed by atoms with Gasteiger partial charge in [0.15, 0.2) is 12.1 Å². The number of hydrogen-bond donors (Lipinski definition) is 6. The third kappa shape index (κ3) is 4.24. The van der Waals surface area contributed by atoms with Crippen molar-refractivity contribution >= 4 is 5.78 Å². The molecular weight excluding hydrogens is 456 g/mol. The van der Waals surface area contributed by atoms with E-state index in [0.29, 0.717) is 19.3 Å². The summed E-state index contributed by atoms with van der Waals surface area (Å²) in [5.74, 6) is -0.296. The molecule has 11 atom stereocenters. The molecule has 9 nitrogen and oxygen atoms in total. The van der Waals surface area contributed by atoms with Crippen LogP contribution < -0.4 is 0 Å². The molecule has 6 N–H and O–H groups in total. The van der Waals surface area contributed by atoms with E-state index >= 15 is 0 Å². The first-order chi connectivity index (χ1) is 16.3. The molecule has 4 rings (SSSR count). The second kappa shape index (κ2) is 9.29. The minimum atomic E-state index is -1.59. The van der Waals surface area contributed by atoms with Gasteiger partial charge in [-0.25, -0.2) is 0 Å². The number of ketones is 1. The minimum absolute atomic E-state index is 0.0397. The lowest BCUT2D eigenvalue weighted by molar-refractivity contribution is -0.314. The van der Waals surface area contributed by atoms with Gasteiger partial charge in [-0.05, 0) is 48.0 Å². The topological polar surface area (TPSA) is 157 Å². The molecule has 0 aromatic carbocycles. The van der Waals surface area contributed by atoms with Gasteiger partial charge in [0.05, 0.1) is 25.4 Å². The largest absolute Gasteiger partial charge is 0.394 e. The summed E-state index contributed by atoms with van der Waals surface area (Å²) in [5.41, 5.74) is 0.109. The molecule has 1 saturated heterocycles. The van der Waals surface area contributed by atoms with Gasteiger partial charge < -0.3 is 40.1 Å². The molecule has 0 aromatic heterocycles. The Labute approximate surface area is 206 Å². The zero-order chi connectivity index (χ0) is 25.9. The predicted octanol–water partition coefficient (Wildman–Crippen LogP) is 0.203. The van der Waals surface area contributed by atoms with E-state index in [0.717, 1.165) is 17.6 Å². The minimum Gasteiger partial charge on any atom is -0.394 e. The van der Waals surface area contributed by atoms with E-state index in [9.17, 15) is 35.4 Å². The molecule has 0 radical (unpaired) electrons. The summed E-state index contributed by atoms with van der Waals surface area (Å²) < 4.78 is 11.3. The fraction of sp³-hybridized carbons (Fsp3) is 0.808. The highest BCUT2D eigenvalue weighted by Gasteiger charge is 2.61. The molecule has 198 valence electrons. The average molecular weight is 497 g/mol. The number of Topliss-reactive ketones (excluding diaryl/α,β-unsaturated/α-hetero) is 1. The summed E-state index contributed by atoms with van der Waals surface area (Å²) in [4.78, 5) is 13.4. The van der Waals surface area contributed by atoms with E-state index in [1.807, 2.05) is 6.08 Å². The van der Waals surface area contributed by atoms with E-state index in [1.165, 1.54) is 0 Å². The lowest BCUT2D eigenvalue weighted by Crippen LogP contribution is -2.63. The van der Waals surface area contributed by atoms with E-state index in [2.05, 4.69) is 20.4 Å². The van der Waals surface area contributed by atoms with Crippen molar-refractivity contribution in [2.24, 2.45) is 22.2 Å². The molecule has 11 unspecified atom stereocenters. The maximum Gasteiger partial charge on any atom is 0.186 e. The van der Waals surface area contributed by atoms with Gasteiger partial charge >= 0.3 is 0 Å². The van der Waals surface area contributed by atoms with E-state index < -0.39 is 60.4 Å². The van der Waals surface area contributed by atoms with Crippen LogP contribution in [0.4, 0.5) is 0 Å². The van der Waals surface area contributed by atoms with Crippen molar-refractivity contribution in [2.75, 3.05) is 13.2 Å². The summed E-state index contributed by atoms with van der Waals surface area (Å²) in [5, 5.41) is 62.1. The number of rotatable bonds is 5. The number of fused-ring (bicyclic) bond motifs is 2. The van der Waals surface area contributed by atoms with Crippen LogP contribution in [0.3, 0.4) is 0 Å². The third-order valence-electron chi connectivity index (χ3n) is 9.44. The SMILES string of the molecule is C=CC1(C)CCC2=C(C1)C(=O)CC1C2(C)CC(O)C(O)C1(C)COC1OC(CO)C(O)C(O)C1O. The van der Waals surface area contributed by atoms with Gasteiger partial charge in [0, 0.05) is 11.8 Å². The Bertz CT molecular complexity index is 886. The number of aliphatic hydroxyl groups is 6. The summed E-state index contributed by atoms with van der Waals surface area (Å²) >= 11 is 0. The highest BCUT2D eigenvalue weighted by atomic mass is 16.7. The number of carbonyl (C=O) groups is 1. The normalized spacial score (nSPS) is 50.5. The molecule has 0 aromatic rings. The Morgan fingerprint density at radius 2 is 1.80 bits per heavy atom. The van der Waals surface area contributed by atoms with E-state index in [4.69, 9.17) is 9.47 Å². The first-order valence-electron chi connectivity index (χ1n) is 12.5. The first kappa shape index (κ1) is 26.9. The van der Waals surface area contributed by atoms with Crippen LogP contribution in [0.15, 0.2) is 23.8 Å². The van der Waals surface area contributed by atoms with Crippen LogP contribution in [0.25, 0.3) is 0 Å². The van der Waals surface area contributed by atoms with Gasteiger partial charge in [0.2, 0.25) is 0 Å². The van der Waals surface area contributed by atoms with Gasteiger partial charge in [0.1, 0.15) is 24.4 Å². The maximum absolute atomic E-state index is 13.4. The molecular formula is C26H40O9. The number of allylic oxidation sites excluding steroid dienone is 3. The van der Waals surface area contributed by atoms with Crippen molar-refractivity contribution in [2.45, 2.75) is 95.8 Å². The van der Waals surface area contributed by atoms with Crippen LogP contribution >= 0.6 is 0 Å². The maximum atomic E-state index is 13.4. The predicted molar refractivity (Wildman–Crippen MR) is 125 cm³/mol. The third-order valence-corrected chi connectivity index (χ3v) is 9.44. The lowest BCUT2D eigenvalue weighted by atomic mass is 9.46. The zero-order valence-electron chi connectivity index (χ0n) is 20.8. The van der Waals surface area contributed by atoms with Crippen LogP contribution in [0.2, 0.25) is 0 Å². The van der Waals surface area contributed by atoms with Crippen molar-refractivity contribution in [1.29, 1.82) is 0 Å². The van der Waals surface area contributed by atoms with Crippen molar-refractivity contribution in [3.8, 4) is 0 Å². The summed E-state index contributed by atoms with van der Waals surface area (Å²) in [6, 6.07) is 0. The molecule has 0 spiro atoms. The van der Waals surface area contributed by atoms with E-state index in [1.54, 1.807) is 6.92 Å². The molecule has 35 heavy (non-hydrogen) atoms. The van der Waals surface area contributed by atoms with Gasteiger partial charge in [-0.1, -0.05) is 32.4 Å². The van der Waals surface area contributed by atoms with Gasteiger partial charge in [-0.15, -0.1) is 6.58 Å². The van der Waals surface area contributed by atoms with Gasteiger partial charge in [-0.3, -0.25) is 4.79 Å². The quantitative estimate of drug-likeness (QED) is 0.293. The summed E-state index contributed by atoms with van der Waals surface area (Å²) in [6.07, 6.45) is -4.79. The molecule has 9 heteroatoms. The number of hydrogen-bond acceptors (Lipinski definition) is 9. The van der Waals surface area contributed by atoms with Crippen LogP contribution in [-0.2, 0) is 14.3 Å². The second-order valence-electron chi connectivity index (χ2n) is 11.8. The fourth-order valence-electron chi connectivity index (χ4n) is 7.05. The highest BCUT2D eigenvalue weighted by Crippen LogP contribution is 2.62. The summed E-state index contributed by atoms with van der Waals surface area (Å²) in [6.45, 7) is 9.12. The van der Waals surface area contributed by atoms with Crippen molar-refractivity contribution in [3.05, 3.63) is 23.8 Å². The first-order valence-corrected chi connectivity index (χ1v) is 12.5. The van der Waals surface area contributed by atoms with Gasteiger partial charge in [0.25, 0.3) is 0 Å². The Hall–Kier alpha value is -1.17. The molecule has 0 bridgehead atoms. The Morgan fingerprint density at radius 3 is 2.43 bits per heavy atom. The number of carbonyl (C=O) groups excluding carboxylic acids is 1. The van der Waals surface area contributed by atoms with Crippen LogP contribution in [0.1, 0.15) is 52.9 Å². The van der Waals surface area contributed by atoms with Crippen molar-refractivity contribution in [1.82, 2.24) is 0 Å². The van der Waals surface area contributed by atoms with Crippen LogP contribution in [-0.4, -0.2) is 92.5 Å².